The number of aromatic amines is 1. The summed E-state index contributed by atoms with van der Waals surface area (Å²) >= 11 is 6.19. The minimum absolute atomic E-state index is 0.0250. The fourth-order valence-electron chi connectivity index (χ4n) is 3.09. The molecule has 4 rings (SSSR count). The molecule has 9 nitrogen and oxygen atoms in total. The maximum Gasteiger partial charge on any atom is 0.314 e. The van der Waals surface area contributed by atoms with Crippen LogP contribution in [0, 0.1) is 5.82 Å². The minimum atomic E-state index is -0.901. The lowest BCUT2D eigenvalue weighted by Crippen LogP contribution is -2.39. The lowest BCUT2D eigenvalue weighted by Gasteiger charge is -2.22. The van der Waals surface area contributed by atoms with E-state index in [9.17, 15) is 14.0 Å². The van der Waals surface area contributed by atoms with Gasteiger partial charge in [0.05, 0.1) is 46.2 Å². The van der Waals surface area contributed by atoms with Gasteiger partial charge in [0.1, 0.15) is 11.6 Å². The first kappa shape index (κ1) is 21.2. The summed E-state index contributed by atoms with van der Waals surface area (Å²) in [6, 6.07) is 8.92. The average molecular weight is 454 g/mol. The summed E-state index contributed by atoms with van der Waals surface area (Å²) in [7, 11) is 0. The third-order valence-electron chi connectivity index (χ3n) is 4.71. The number of nitrogens with two attached hydrogens (primary N) is 1. The Hall–Kier alpha value is -4.05. The number of nitrogens with one attached hydrogen (secondary N) is 2. The molecular weight excluding hydrogens is 437 g/mol. The van der Waals surface area contributed by atoms with Gasteiger partial charge in [-0.15, -0.1) is 0 Å². The molecule has 1 aromatic carbocycles. The lowest BCUT2D eigenvalue weighted by atomic mass is 10.2. The van der Waals surface area contributed by atoms with Crippen molar-refractivity contribution in [1.82, 2.24) is 25.1 Å². The van der Waals surface area contributed by atoms with Crippen LogP contribution in [-0.4, -0.2) is 36.9 Å². The standard InChI is InChI=1S/C21H17ClFN7O2/c22-15-2-1-7-25-17(15)11-30(10-12-3-5-13(23)6-4-12)21(32)20(31)28-16-9-26-19(24)14-8-27-29-18(14)16/h1-9H,10-11H2,(H2,24,26)(H,27,29)(H,28,31). The Morgan fingerprint density at radius 2 is 1.91 bits per heavy atom. The van der Waals surface area contributed by atoms with Crippen molar-refractivity contribution in [2.45, 2.75) is 13.1 Å². The Bertz CT molecular complexity index is 1290. The number of aromatic nitrogens is 4. The summed E-state index contributed by atoms with van der Waals surface area (Å²) in [5.41, 5.74) is 7.54. The van der Waals surface area contributed by atoms with Crippen LogP contribution in [0.2, 0.25) is 5.02 Å². The summed E-state index contributed by atoms with van der Waals surface area (Å²) in [6.07, 6.45) is 4.34. The molecular formula is C21H17ClFN7O2. The Morgan fingerprint density at radius 3 is 2.66 bits per heavy atom. The number of benzene rings is 1. The maximum atomic E-state index is 13.3. The van der Waals surface area contributed by atoms with E-state index in [2.05, 4.69) is 25.5 Å². The van der Waals surface area contributed by atoms with E-state index in [-0.39, 0.29) is 24.6 Å². The molecule has 0 aliphatic rings. The molecule has 2 amide bonds. The van der Waals surface area contributed by atoms with E-state index in [4.69, 9.17) is 17.3 Å². The molecule has 0 atom stereocenters. The van der Waals surface area contributed by atoms with Crippen LogP contribution in [0.25, 0.3) is 10.9 Å². The number of H-pyrrole nitrogens is 1. The Labute approximate surface area is 186 Å². The number of anilines is 2. The molecule has 0 spiro atoms. The topological polar surface area (TPSA) is 130 Å². The van der Waals surface area contributed by atoms with Crippen molar-refractivity contribution in [3.63, 3.8) is 0 Å². The van der Waals surface area contributed by atoms with Crippen molar-refractivity contribution < 1.29 is 14.0 Å². The zero-order chi connectivity index (χ0) is 22.7. The number of pyridine rings is 2. The second-order valence-corrected chi connectivity index (χ2v) is 7.30. The highest BCUT2D eigenvalue weighted by atomic mass is 35.5. The zero-order valence-corrected chi connectivity index (χ0v) is 17.3. The van der Waals surface area contributed by atoms with Gasteiger partial charge in [-0.1, -0.05) is 23.7 Å². The average Bonchev–Trinajstić information content (AvgIpc) is 3.29. The van der Waals surface area contributed by atoms with E-state index in [1.54, 1.807) is 12.1 Å². The van der Waals surface area contributed by atoms with E-state index < -0.39 is 17.6 Å². The SMILES string of the molecule is Nc1ncc(NC(=O)C(=O)N(Cc2ccc(F)cc2)Cc2ncccc2Cl)c2[nH]ncc12. The summed E-state index contributed by atoms with van der Waals surface area (Å²) < 4.78 is 13.3. The molecule has 4 aromatic rings. The zero-order valence-electron chi connectivity index (χ0n) is 16.5. The number of carbonyl (C=O) groups excluding carboxylic acids is 2. The first-order valence-electron chi connectivity index (χ1n) is 9.44. The number of nitrogen functional groups attached to an aromatic ring is 1. The largest absolute Gasteiger partial charge is 0.383 e. The number of hydrogen-bond donors (Lipinski definition) is 3. The molecule has 0 saturated heterocycles. The summed E-state index contributed by atoms with van der Waals surface area (Å²) in [5.74, 6) is -1.90. The van der Waals surface area contributed by atoms with Crippen LogP contribution < -0.4 is 11.1 Å². The summed E-state index contributed by atoms with van der Waals surface area (Å²) in [5, 5.41) is 10.0. The van der Waals surface area contributed by atoms with Crippen molar-refractivity contribution >= 4 is 45.8 Å². The van der Waals surface area contributed by atoms with Gasteiger partial charge in [-0.2, -0.15) is 5.10 Å². The third-order valence-corrected chi connectivity index (χ3v) is 5.05. The minimum Gasteiger partial charge on any atom is -0.383 e. The number of rotatable bonds is 5. The molecule has 162 valence electrons. The molecule has 0 aliphatic heterocycles. The Balaban J connectivity index is 1.59. The normalized spacial score (nSPS) is 10.8. The number of carbonyl (C=O) groups is 2. The van der Waals surface area contributed by atoms with Gasteiger partial charge in [-0.05, 0) is 29.8 Å². The smallest absolute Gasteiger partial charge is 0.314 e. The van der Waals surface area contributed by atoms with E-state index in [1.807, 2.05) is 0 Å². The van der Waals surface area contributed by atoms with E-state index in [0.29, 0.717) is 27.2 Å². The monoisotopic (exact) mass is 453 g/mol. The molecule has 3 heterocycles. The van der Waals surface area contributed by atoms with Crippen molar-refractivity contribution in [2.75, 3.05) is 11.1 Å². The quantitative estimate of drug-likeness (QED) is 0.398. The molecule has 0 saturated carbocycles. The van der Waals surface area contributed by atoms with Crippen LogP contribution in [0.15, 0.2) is 55.0 Å². The third kappa shape index (κ3) is 4.49. The molecule has 0 unspecified atom stereocenters. The van der Waals surface area contributed by atoms with Crippen molar-refractivity contribution in [3.05, 3.63) is 77.1 Å². The molecule has 32 heavy (non-hydrogen) atoms. The van der Waals surface area contributed by atoms with Crippen molar-refractivity contribution in [3.8, 4) is 0 Å². The van der Waals surface area contributed by atoms with Gasteiger partial charge in [0, 0.05) is 12.7 Å². The second kappa shape index (κ2) is 8.98. The lowest BCUT2D eigenvalue weighted by molar-refractivity contribution is -0.144. The highest BCUT2D eigenvalue weighted by Crippen LogP contribution is 2.24. The summed E-state index contributed by atoms with van der Waals surface area (Å²) in [4.78, 5) is 35.4. The number of nitrogens with zero attached hydrogens (tertiary/aromatic N) is 4. The second-order valence-electron chi connectivity index (χ2n) is 6.89. The van der Waals surface area contributed by atoms with Gasteiger partial charge in [0.2, 0.25) is 0 Å². The predicted octanol–water partition coefficient (Wildman–Crippen LogP) is 2.90. The van der Waals surface area contributed by atoms with Gasteiger partial charge in [-0.3, -0.25) is 19.7 Å². The molecule has 3 aromatic heterocycles. The molecule has 0 fully saturated rings. The van der Waals surface area contributed by atoms with E-state index in [0.717, 1.165) is 0 Å². The Morgan fingerprint density at radius 1 is 1.12 bits per heavy atom. The van der Waals surface area contributed by atoms with Crippen molar-refractivity contribution in [2.24, 2.45) is 0 Å². The predicted molar refractivity (Wildman–Crippen MR) is 117 cm³/mol. The van der Waals surface area contributed by atoms with Crippen LogP contribution in [0.5, 0.6) is 0 Å². The molecule has 4 N–H and O–H groups in total. The van der Waals surface area contributed by atoms with Crippen LogP contribution in [-0.2, 0) is 22.7 Å². The number of hydrogen-bond acceptors (Lipinski definition) is 6. The number of halogens is 2. The molecule has 11 heteroatoms. The van der Waals surface area contributed by atoms with Crippen LogP contribution in [0.4, 0.5) is 15.9 Å². The molecule has 0 aliphatic carbocycles. The van der Waals surface area contributed by atoms with Gasteiger partial charge < -0.3 is 16.0 Å². The fourth-order valence-corrected chi connectivity index (χ4v) is 3.27. The van der Waals surface area contributed by atoms with E-state index >= 15 is 0 Å². The van der Waals surface area contributed by atoms with Gasteiger partial charge in [-0.25, -0.2) is 9.37 Å². The maximum absolute atomic E-state index is 13.3. The van der Waals surface area contributed by atoms with Crippen LogP contribution in [0.1, 0.15) is 11.3 Å². The first-order chi connectivity index (χ1) is 15.4. The summed E-state index contributed by atoms with van der Waals surface area (Å²) in [6.45, 7) is 0.0155. The van der Waals surface area contributed by atoms with Crippen LogP contribution >= 0.6 is 11.6 Å². The van der Waals surface area contributed by atoms with E-state index in [1.165, 1.54) is 47.8 Å². The molecule has 0 bridgehead atoms. The van der Waals surface area contributed by atoms with Gasteiger partial charge >= 0.3 is 11.8 Å². The Kier molecular flexibility index (Phi) is 5.95. The first-order valence-corrected chi connectivity index (χ1v) is 9.82. The highest BCUT2D eigenvalue weighted by molar-refractivity contribution is 6.40. The van der Waals surface area contributed by atoms with Gasteiger partial charge in [0.15, 0.2) is 0 Å². The highest BCUT2D eigenvalue weighted by Gasteiger charge is 2.25. The van der Waals surface area contributed by atoms with Crippen molar-refractivity contribution in [1.29, 1.82) is 0 Å². The fraction of sp³-hybridized carbons (Fsp3) is 0.0952. The van der Waals surface area contributed by atoms with Gasteiger partial charge in [0.25, 0.3) is 0 Å². The number of fused-ring (bicyclic) bond motifs is 1. The molecule has 0 radical (unpaired) electrons. The van der Waals surface area contributed by atoms with Crippen LogP contribution in [0.3, 0.4) is 0 Å². The number of amides is 2.